The number of benzene rings is 1. The molecule has 0 radical (unpaired) electrons. The molecule has 0 aliphatic carbocycles. The molecule has 0 aliphatic rings. The normalized spacial score (nSPS) is 10.2. The van der Waals surface area contributed by atoms with Crippen LogP contribution in [0, 0.1) is 13.8 Å². The van der Waals surface area contributed by atoms with Gasteiger partial charge < -0.3 is 5.32 Å². The third kappa shape index (κ3) is 2.92. The number of hydrogen-bond donors (Lipinski definition) is 1. The Morgan fingerprint density at radius 1 is 1.22 bits per heavy atom. The first-order valence-electron chi connectivity index (χ1n) is 5.42. The van der Waals surface area contributed by atoms with E-state index in [0.29, 0.717) is 11.4 Å². The predicted molar refractivity (Wildman–Crippen MR) is 73.6 cm³/mol. The van der Waals surface area contributed by atoms with Crippen LogP contribution in [0.3, 0.4) is 0 Å². The molecule has 0 spiro atoms. The van der Waals surface area contributed by atoms with E-state index >= 15 is 0 Å². The van der Waals surface area contributed by atoms with Crippen LogP contribution in [0.4, 0.5) is 5.69 Å². The molecule has 92 valence electrons. The molecule has 0 saturated carbocycles. The van der Waals surface area contributed by atoms with Gasteiger partial charge >= 0.3 is 0 Å². The van der Waals surface area contributed by atoms with Gasteiger partial charge in [-0.05, 0) is 37.6 Å². The van der Waals surface area contributed by atoms with Gasteiger partial charge in [-0.25, -0.2) is 9.97 Å². The van der Waals surface area contributed by atoms with Crippen molar-refractivity contribution in [1.82, 2.24) is 9.97 Å². The number of aryl methyl sites for hydroxylation is 2. The molecule has 0 fully saturated rings. The molecular weight excluding hydrogens is 294 g/mol. The Kier molecular flexibility index (Phi) is 3.72. The van der Waals surface area contributed by atoms with E-state index in [2.05, 4.69) is 31.2 Å². The molecule has 1 heterocycles. The number of nitrogens with zero attached hydrogens (tertiary/aromatic N) is 2. The molecule has 1 aromatic heterocycles. The first kappa shape index (κ1) is 12.7. The maximum absolute atomic E-state index is 12.0. The van der Waals surface area contributed by atoms with E-state index in [1.807, 2.05) is 25.1 Å². The van der Waals surface area contributed by atoms with E-state index in [9.17, 15) is 4.79 Å². The van der Waals surface area contributed by atoms with Crippen LogP contribution < -0.4 is 5.32 Å². The number of amides is 1. The summed E-state index contributed by atoms with van der Waals surface area (Å²) in [5, 5.41) is 2.83. The van der Waals surface area contributed by atoms with Gasteiger partial charge in [-0.2, -0.15) is 0 Å². The number of carbonyl (C=O) groups is 1. The van der Waals surface area contributed by atoms with Crippen molar-refractivity contribution in [2.45, 2.75) is 13.8 Å². The summed E-state index contributed by atoms with van der Waals surface area (Å²) >= 11 is 3.38. The minimum atomic E-state index is -0.208. The summed E-state index contributed by atoms with van der Waals surface area (Å²) in [7, 11) is 0. The smallest absolute Gasteiger partial charge is 0.258 e. The van der Waals surface area contributed by atoms with Crippen molar-refractivity contribution in [3.63, 3.8) is 0 Å². The zero-order chi connectivity index (χ0) is 13.1. The van der Waals surface area contributed by atoms with Crippen molar-refractivity contribution in [1.29, 1.82) is 0 Å². The molecule has 1 aromatic carbocycles. The highest BCUT2D eigenvalue weighted by Gasteiger charge is 2.08. The summed E-state index contributed by atoms with van der Waals surface area (Å²) in [5.74, 6) is 0.437. The van der Waals surface area contributed by atoms with E-state index in [4.69, 9.17) is 0 Å². The molecule has 2 aromatic rings. The van der Waals surface area contributed by atoms with Gasteiger partial charge in [-0.3, -0.25) is 4.79 Å². The Bertz CT molecular complexity index is 581. The largest absolute Gasteiger partial charge is 0.322 e. The van der Waals surface area contributed by atoms with E-state index < -0.39 is 0 Å². The van der Waals surface area contributed by atoms with Crippen LogP contribution >= 0.6 is 15.9 Å². The highest BCUT2D eigenvalue weighted by Crippen LogP contribution is 2.20. The van der Waals surface area contributed by atoms with Crippen molar-refractivity contribution in [3.05, 3.63) is 52.0 Å². The van der Waals surface area contributed by atoms with Crippen molar-refractivity contribution < 1.29 is 4.79 Å². The van der Waals surface area contributed by atoms with Gasteiger partial charge in [-0.15, -0.1) is 0 Å². The topological polar surface area (TPSA) is 54.9 Å². The summed E-state index contributed by atoms with van der Waals surface area (Å²) < 4.78 is 0.983. The summed E-state index contributed by atoms with van der Waals surface area (Å²) in [6, 6.07) is 5.68. The van der Waals surface area contributed by atoms with Gasteiger partial charge in [0.05, 0.1) is 5.56 Å². The SMILES string of the molecule is Cc1ncc(C(=O)Nc2ccc(Br)cc2C)cn1. The highest BCUT2D eigenvalue weighted by atomic mass is 79.9. The zero-order valence-electron chi connectivity index (χ0n) is 10.1. The molecule has 0 bridgehead atoms. The van der Waals surface area contributed by atoms with Crippen LogP contribution in [0.2, 0.25) is 0 Å². The second-order valence-corrected chi connectivity index (χ2v) is 4.85. The van der Waals surface area contributed by atoms with Gasteiger partial charge in [0.15, 0.2) is 0 Å². The van der Waals surface area contributed by atoms with E-state index in [0.717, 1.165) is 15.7 Å². The molecule has 1 amide bonds. The molecule has 0 saturated heterocycles. The zero-order valence-corrected chi connectivity index (χ0v) is 11.7. The molecule has 0 unspecified atom stereocenters. The minimum absolute atomic E-state index is 0.208. The Morgan fingerprint density at radius 2 is 1.89 bits per heavy atom. The van der Waals surface area contributed by atoms with Gasteiger partial charge in [0, 0.05) is 22.6 Å². The third-order valence-electron chi connectivity index (χ3n) is 2.48. The average molecular weight is 306 g/mol. The summed E-state index contributed by atoms with van der Waals surface area (Å²) in [6.07, 6.45) is 3.04. The number of anilines is 1. The first-order valence-corrected chi connectivity index (χ1v) is 6.22. The number of hydrogen-bond acceptors (Lipinski definition) is 3. The minimum Gasteiger partial charge on any atom is -0.322 e. The second kappa shape index (κ2) is 5.27. The summed E-state index contributed by atoms with van der Waals surface area (Å²) in [4.78, 5) is 20.0. The van der Waals surface area contributed by atoms with Crippen molar-refractivity contribution in [2.24, 2.45) is 0 Å². The fourth-order valence-corrected chi connectivity index (χ4v) is 1.95. The van der Waals surface area contributed by atoms with Crippen molar-refractivity contribution >= 4 is 27.5 Å². The molecule has 0 aliphatic heterocycles. The van der Waals surface area contributed by atoms with Crippen molar-refractivity contribution in [3.8, 4) is 0 Å². The van der Waals surface area contributed by atoms with Crippen molar-refractivity contribution in [2.75, 3.05) is 5.32 Å². The van der Waals surface area contributed by atoms with Crippen LogP contribution in [0.1, 0.15) is 21.7 Å². The molecule has 4 nitrogen and oxygen atoms in total. The lowest BCUT2D eigenvalue weighted by molar-refractivity contribution is 0.102. The van der Waals surface area contributed by atoms with E-state index in [1.54, 1.807) is 6.92 Å². The van der Waals surface area contributed by atoms with E-state index in [-0.39, 0.29) is 5.91 Å². The molecule has 0 atom stereocenters. The first-order chi connectivity index (χ1) is 8.56. The maximum atomic E-state index is 12.0. The second-order valence-electron chi connectivity index (χ2n) is 3.93. The number of halogens is 1. The Hall–Kier alpha value is -1.75. The fourth-order valence-electron chi connectivity index (χ4n) is 1.47. The monoisotopic (exact) mass is 305 g/mol. The lowest BCUT2D eigenvalue weighted by Crippen LogP contribution is -2.13. The Balaban J connectivity index is 2.18. The lowest BCUT2D eigenvalue weighted by atomic mass is 10.2. The lowest BCUT2D eigenvalue weighted by Gasteiger charge is -2.08. The number of nitrogens with one attached hydrogen (secondary N) is 1. The van der Waals surface area contributed by atoms with Crippen LogP contribution in [0.5, 0.6) is 0 Å². The van der Waals surface area contributed by atoms with Gasteiger partial charge in [0.25, 0.3) is 5.91 Å². The molecule has 2 rings (SSSR count). The van der Waals surface area contributed by atoms with Crippen LogP contribution in [-0.4, -0.2) is 15.9 Å². The summed E-state index contributed by atoms with van der Waals surface area (Å²) in [6.45, 7) is 3.71. The Morgan fingerprint density at radius 3 is 2.50 bits per heavy atom. The molecular formula is C13H12BrN3O. The predicted octanol–water partition coefficient (Wildman–Crippen LogP) is 3.11. The van der Waals surface area contributed by atoms with Gasteiger partial charge in [0.1, 0.15) is 5.82 Å². The molecule has 1 N–H and O–H groups in total. The van der Waals surface area contributed by atoms with E-state index in [1.165, 1.54) is 12.4 Å². The van der Waals surface area contributed by atoms with Crippen LogP contribution in [0.15, 0.2) is 35.1 Å². The van der Waals surface area contributed by atoms with Gasteiger partial charge in [0.2, 0.25) is 0 Å². The summed E-state index contributed by atoms with van der Waals surface area (Å²) in [5.41, 5.74) is 2.22. The highest BCUT2D eigenvalue weighted by molar-refractivity contribution is 9.10. The third-order valence-corrected chi connectivity index (χ3v) is 2.97. The standard InChI is InChI=1S/C13H12BrN3O/c1-8-5-11(14)3-4-12(8)17-13(18)10-6-15-9(2)16-7-10/h3-7H,1-2H3,(H,17,18). The molecule has 18 heavy (non-hydrogen) atoms. The van der Waals surface area contributed by atoms with Crippen LogP contribution in [0.25, 0.3) is 0 Å². The fraction of sp³-hybridized carbons (Fsp3) is 0.154. The Labute approximate surface area is 114 Å². The number of carbonyl (C=O) groups excluding carboxylic acids is 1. The average Bonchev–Trinajstić information content (AvgIpc) is 2.33. The molecule has 5 heteroatoms. The van der Waals surface area contributed by atoms with Gasteiger partial charge in [-0.1, -0.05) is 15.9 Å². The quantitative estimate of drug-likeness (QED) is 0.927. The number of rotatable bonds is 2. The number of aromatic nitrogens is 2. The maximum Gasteiger partial charge on any atom is 0.258 e. The van der Waals surface area contributed by atoms with Crippen LogP contribution in [-0.2, 0) is 0 Å².